The average Bonchev–Trinajstić information content (AvgIpc) is 2.50. The summed E-state index contributed by atoms with van der Waals surface area (Å²) in [6.07, 6.45) is 5.49. The Kier molecular flexibility index (Phi) is 5.31. The van der Waals surface area contributed by atoms with Crippen molar-refractivity contribution in [3.8, 4) is 5.75 Å². The normalized spacial score (nSPS) is 12.2. The van der Waals surface area contributed by atoms with Crippen LogP contribution in [0.5, 0.6) is 5.75 Å². The summed E-state index contributed by atoms with van der Waals surface area (Å²) in [5.74, 6) is 6.67. The van der Waals surface area contributed by atoms with Crippen LogP contribution in [0, 0.1) is 13.8 Å². The molecule has 2 rings (SSSR count). The molecule has 1 unspecified atom stereocenters. The molecule has 1 aromatic heterocycles. The quantitative estimate of drug-likeness (QED) is 0.633. The van der Waals surface area contributed by atoms with Crippen LogP contribution in [0.1, 0.15) is 34.7 Å². The first-order valence-electron chi connectivity index (χ1n) is 7.16. The van der Waals surface area contributed by atoms with Gasteiger partial charge in [0.1, 0.15) is 5.75 Å². The Morgan fingerprint density at radius 3 is 2.76 bits per heavy atom. The molecule has 4 nitrogen and oxygen atoms in total. The summed E-state index contributed by atoms with van der Waals surface area (Å²) in [6, 6.07) is 8.31. The number of pyridine rings is 1. The second-order valence-electron chi connectivity index (χ2n) is 5.32. The van der Waals surface area contributed by atoms with Gasteiger partial charge >= 0.3 is 0 Å². The first-order valence-corrected chi connectivity index (χ1v) is 7.16. The van der Waals surface area contributed by atoms with Crippen LogP contribution in [0.25, 0.3) is 0 Å². The number of nitrogens with one attached hydrogen (secondary N) is 1. The van der Waals surface area contributed by atoms with Gasteiger partial charge < -0.3 is 4.74 Å². The highest BCUT2D eigenvalue weighted by Gasteiger charge is 2.18. The number of hydrazine groups is 1. The summed E-state index contributed by atoms with van der Waals surface area (Å²) in [5, 5.41) is 0. The Balaban J connectivity index is 2.21. The monoisotopic (exact) mass is 285 g/mol. The number of hydrogen-bond donors (Lipinski definition) is 2. The number of rotatable bonds is 6. The zero-order chi connectivity index (χ0) is 15.2. The van der Waals surface area contributed by atoms with Crippen molar-refractivity contribution in [2.75, 3.05) is 7.11 Å². The third-order valence-corrected chi connectivity index (χ3v) is 3.71. The molecule has 0 aliphatic rings. The zero-order valence-corrected chi connectivity index (χ0v) is 12.9. The van der Waals surface area contributed by atoms with Gasteiger partial charge in [0, 0.05) is 18.0 Å². The first kappa shape index (κ1) is 15.5. The van der Waals surface area contributed by atoms with Gasteiger partial charge in [0.2, 0.25) is 0 Å². The second-order valence-corrected chi connectivity index (χ2v) is 5.32. The van der Waals surface area contributed by atoms with Crippen LogP contribution < -0.4 is 16.0 Å². The molecular weight excluding hydrogens is 262 g/mol. The minimum absolute atomic E-state index is 0.0563. The Hall–Kier alpha value is -1.91. The molecule has 0 saturated heterocycles. The summed E-state index contributed by atoms with van der Waals surface area (Å²) < 4.78 is 5.53. The number of aryl methyl sites for hydroxylation is 3. The molecule has 2 aromatic rings. The van der Waals surface area contributed by atoms with Crippen molar-refractivity contribution < 1.29 is 4.74 Å². The Bertz CT molecular complexity index is 584. The van der Waals surface area contributed by atoms with Crippen molar-refractivity contribution in [3.63, 3.8) is 0 Å². The molecule has 0 fully saturated rings. The van der Waals surface area contributed by atoms with Crippen LogP contribution in [-0.4, -0.2) is 12.1 Å². The van der Waals surface area contributed by atoms with Gasteiger partial charge in [-0.15, -0.1) is 0 Å². The van der Waals surface area contributed by atoms with E-state index in [0.29, 0.717) is 0 Å². The maximum atomic E-state index is 5.78. The largest absolute Gasteiger partial charge is 0.496 e. The minimum atomic E-state index is 0.0563. The smallest absolute Gasteiger partial charge is 0.124 e. The number of methoxy groups -OCH3 is 1. The lowest BCUT2D eigenvalue weighted by Gasteiger charge is -2.22. The second kappa shape index (κ2) is 7.20. The standard InChI is InChI=1S/C17H23N3O/c1-12-9-13(2)17(16(10-12)21-3)15(20-18)7-6-14-5-4-8-19-11-14/h4-5,8-11,15,20H,6-7,18H2,1-3H3. The summed E-state index contributed by atoms with van der Waals surface area (Å²) in [5.41, 5.74) is 7.65. The van der Waals surface area contributed by atoms with E-state index in [1.807, 2.05) is 12.3 Å². The van der Waals surface area contributed by atoms with Gasteiger partial charge in [-0.05, 0) is 55.5 Å². The fourth-order valence-corrected chi connectivity index (χ4v) is 2.72. The van der Waals surface area contributed by atoms with Gasteiger partial charge in [0.05, 0.1) is 13.2 Å². The Morgan fingerprint density at radius 1 is 1.33 bits per heavy atom. The predicted octanol–water partition coefficient (Wildman–Crippen LogP) is 2.84. The molecule has 1 aromatic carbocycles. The minimum Gasteiger partial charge on any atom is -0.496 e. The SMILES string of the molecule is COc1cc(C)cc(C)c1C(CCc1cccnc1)NN. The maximum absolute atomic E-state index is 5.78. The summed E-state index contributed by atoms with van der Waals surface area (Å²) in [7, 11) is 1.70. The van der Waals surface area contributed by atoms with E-state index in [1.165, 1.54) is 16.7 Å². The Labute approximate surface area is 126 Å². The van der Waals surface area contributed by atoms with Gasteiger partial charge in [-0.1, -0.05) is 12.1 Å². The fourth-order valence-electron chi connectivity index (χ4n) is 2.72. The number of nitrogens with two attached hydrogens (primary N) is 1. The van der Waals surface area contributed by atoms with E-state index in [4.69, 9.17) is 10.6 Å². The summed E-state index contributed by atoms with van der Waals surface area (Å²) in [6.45, 7) is 4.17. The number of aromatic nitrogens is 1. The van der Waals surface area contributed by atoms with Crippen molar-refractivity contribution in [2.45, 2.75) is 32.7 Å². The molecule has 0 aliphatic heterocycles. The maximum Gasteiger partial charge on any atom is 0.124 e. The van der Waals surface area contributed by atoms with Crippen molar-refractivity contribution in [2.24, 2.45) is 5.84 Å². The van der Waals surface area contributed by atoms with Crippen LogP contribution >= 0.6 is 0 Å². The van der Waals surface area contributed by atoms with Crippen LogP contribution in [-0.2, 0) is 6.42 Å². The molecule has 1 atom stereocenters. The number of ether oxygens (including phenoxy) is 1. The highest BCUT2D eigenvalue weighted by Crippen LogP contribution is 2.32. The van der Waals surface area contributed by atoms with E-state index in [9.17, 15) is 0 Å². The van der Waals surface area contributed by atoms with Gasteiger partial charge in [-0.3, -0.25) is 16.3 Å². The van der Waals surface area contributed by atoms with Gasteiger partial charge in [0.25, 0.3) is 0 Å². The molecule has 0 amide bonds. The van der Waals surface area contributed by atoms with Crippen molar-refractivity contribution >= 4 is 0 Å². The lowest BCUT2D eigenvalue weighted by molar-refractivity contribution is 0.394. The van der Waals surface area contributed by atoms with Crippen LogP contribution in [0.4, 0.5) is 0 Å². The lowest BCUT2D eigenvalue weighted by Crippen LogP contribution is -2.29. The topological polar surface area (TPSA) is 60.2 Å². The molecule has 0 radical (unpaired) electrons. The first-order chi connectivity index (χ1) is 10.2. The van der Waals surface area contributed by atoms with Crippen LogP contribution in [0.15, 0.2) is 36.7 Å². The van der Waals surface area contributed by atoms with Crippen molar-refractivity contribution in [3.05, 3.63) is 58.9 Å². The van der Waals surface area contributed by atoms with Crippen LogP contribution in [0.3, 0.4) is 0 Å². The van der Waals surface area contributed by atoms with Gasteiger partial charge in [-0.2, -0.15) is 0 Å². The molecule has 112 valence electrons. The third kappa shape index (κ3) is 3.80. The lowest BCUT2D eigenvalue weighted by atomic mass is 9.94. The number of hydrogen-bond acceptors (Lipinski definition) is 4. The van der Waals surface area contributed by atoms with E-state index in [-0.39, 0.29) is 6.04 Å². The third-order valence-electron chi connectivity index (χ3n) is 3.71. The highest BCUT2D eigenvalue weighted by atomic mass is 16.5. The number of nitrogens with zero attached hydrogens (tertiary/aromatic N) is 1. The van der Waals surface area contributed by atoms with Gasteiger partial charge in [0.15, 0.2) is 0 Å². The highest BCUT2D eigenvalue weighted by molar-refractivity contribution is 5.45. The van der Waals surface area contributed by atoms with E-state index < -0.39 is 0 Å². The molecule has 0 spiro atoms. The molecule has 0 saturated carbocycles. The van der Waals surface area contributed by atoms with Gasteiger partial charge in [-0.25, -0.2) is 0 Å². The predicted molar refractivity (Wildman–Crippen MR) is 85.1 cm³/mol. The van der Waals surface area contributed by atoms with Crippen molar-refractivity contribution in [1.82, 2.24) is 10.4 Å². The van der Waals surface area contributed by atoms with E-state index in [1.54, 1.807) is 13.3 Å². The summed E-state index contributed by atoms with van der Waals surface area (Å²) in [4.78, 5) is 4.15. The van der Waals surface area contributed by atoms with Crippen LogP contribution in [0.2, 0.25) is 0 Å². The average molecular weight is 285 g/mol. The number of benzene rings is 1. The van der Waals surface area contributed by atoms with Crippen molar-refractivity contribution in [1.29, 1.82) is 0 Å². The Morgan fingerprint density at radius 2 is 2.14 bits per heavy atom. The summed E-state index contributed by atoms with van der Waals surface area (Å²) >= 11 is 0. The molecular formula is C17H23N3O. The molecule has 0 bridgehead atoms. The molecule has 4 heteroatoms. The van der Waals surface area contributed by atoms with E-state index in [0.717, 1.165) is 24.2 Å². The molecule has 21 heavy (non-hydrogen) atoms. The molecule has 3 N–H and O–H groups in total. The zero-order valence-electron chi connectivity index (χ0n) is 12.9. The fraction of sp³-hybridized carbons (Fsp3) is 0.353. The molecule has 0 aliphatic carbocycles. The van der Waals surface area contributed by atoms with E-state index >= 15 is 0 Å². The van der Waals surface area contributed by atoms with E-state index in [2.05, 4.69) is 42.5 Å². The molecule has 1 heterocycles.